The fourth-order valence-electron chi connectivity index (χ4n) is 3.37. The van der Waals surface area contributed by atoms with Gasteiger partial charge in [-0.1, -0.05) is 12.1 Å². The quantitative estimate of drug-likeness (QED) is 0.619. The lowest BCUT2D eigenvalue weighted by Crippen LogP contribution is -2.20. The zero-order valence-corrected chi connectivity index (χ0v) is 17.1. The van der Waals surface area contributed by atoms with Crippen molar-refractivity contribution < 1.29 is 18.3 Å². The summed E-state index contributed by atoms with van der Waals surface area (Å²) in [5.41, 5.74) is 3.98. The summed E-state index contributed by atoms with van der Waals surface area (Å²) >= 11 is 0. The van der Waals surface area contributed by atoms with Crippen LogP contribution in [0, 0.1) is 18.3 Å². The Hall–Kier alpha value is -3.48. The van der Waals surface area contributed by atoms with Gasteiger partial charge >= 0.3 is 0 Å². The van der Waals surface area contributed by atoms with E-state index >= 15 is 0 Å². The fourth-order valence-corrected chi connectivity index (χ4v) is 4.96. The maximum atomic E-state index is 13.4. The smallest absolute Gasteiger partial charge is 0.290 e. The first-order valence-corrected chi connectivity index (χ1v) is 10.6. The summed E-state index contributed by atoms with van der Waals surface area (Å²) in [5.74, 6) is 0. The number of rotatable bonds is 3. The van der Waals surface area contributed by atoms with Gasteiger partial charge in [-0.2, -0.15) is 5.26 Å². The molecule has 0 spiro atoms. The lowest BCUT2D eigenvalue weighted by molar-refractivity contribution is -0.122. The van der Waals surface area contributed by atoms with E-state index in [0.29, 0.717) is 11.0 Å². The first kappa shape index (κ1) is 21.2. The maximum Gasteiger partial charge on any atom is 0.290 e. The van der Waals surface area contributed by atoms with Crippen molar-refractivity contribution in [2.24, 2.45) is 0 Å². The average Bonchev–Trinajstić information content (AvgIpc) is 3.15. The van der Waals surface area contributed by atoms with E-state index in [1.165, 1.54) is 3.97 Å². The predicted octanol–water partition coefficient (Wildman–Crippen LogP) is 2.53. The van der Waals surface area contributed by atoms with Gasteiger partial charge in [-0.25, -0.2) is 12.4 Å². The van der Waals surface area contributed by atoms with Crippen molar-refractivity contribution in [1.82, 2.24) is 14.3 Å². The van der Waals surface area contributed by atoms with E-state index in [2.05, 4.69) is 16.4 Å². The van der Waals surface area contributed by atoms with Crippen molar-refractivity contribution in [2.45, 2.75) is 18.2 Å². The predicted molar refractivity (Wildman–Crippen MR) is 112 cm³/mol. The molecule has 2 N–H and O–H groups in total. The minimum atomic E-state index is -3.94. The van der Waals surface area contributed by atoms with Crippen LogP contribution < -0.4 is 5.32 Å². The molecule has 0 fully saturated rings. The van der Waals surface area contributed by atoms with E-state index in [9.17, 15) is 13.7 Å². The zero-order chi connectivity index (χ0) is 21.7. The van der Waals surface area contributed by atoms with Crippen molar-refractivity contribution >= 4 is 33.1 Å². The van der Waals surface area contributed by atoms with E-state index in [-0.39, 0.29) is 16.9 Å². The topological polar surface area (TPSA) is 125 Å². The monoisotopic (exact) mass is 424 g/mol. The van der Waals surface area contributed by atoms with Gasteiger partial charge in [-0.3, -0.25) is 9.78 Å². The highest BCUT2D eigenvalue weighted by molar-refractivity contribution is 7.90. The van der Waals surface area contributed by atoms with Crippen LogP contribution in [0.4, 0.5) is 0 Å². The third-order valence-electron chi connectivity index (χ3n) is 4.73. The summed E-state index contributed by atoms with van der Waals surface area (Å²) in [6, 6.07) is 10.3. The van der Waals surface area contributed by atoms with Gasteiger partial charge in [0.15, 0.2) is 0 Å². The van der Waals surface area contributed by atoms with Gasteiger partial charge in [0.05, 0.1) is 16.6 Å². The Morgan fingerprint density at radius 2 is 2.10 bits per heavy atom. The molecule has 0 atom stereocenters. The first-order chi connectivity index (χ1) is 14.4. The van der Waals surface area contributed by atoms with E-state index in [1.807, 2.05) is 6.07 Å². The molecule has 1 aromatic carbocycles. The Morgan fingerprint density at radius 1 is 1.33 bits per heavy atom. The second kappa shape index (κ2) is 8.90. The highest BCUT2D eigenvalue weighted by atomic mass is 32.2. The molecule has 0 aliphatic carbocycles. The maximum absolute atomic E-state index is 13.4. The van der Waals surface area contributed by atoms with Crippen molar-refractivity contribution in [3.63, 3.8) is 0 Å². The largest absolute Gasteiger partial charge is 0.483 e. The SMILES string of the molecule is Cc1ccc(C#N)c(S(=O)(=O)n2cc(C3=CCNCC3)c3ncccc32)c1.O=CO. The van der Waals surface area contributed by atoms with E-state index in [1.54, 1.807) is 49.6 Å². The molecule has 0 bridgehead atoms. The van der Waals surface area contributed by atoms with Gasteiger partial charge in [-0.05, 0) is 55.3 Å². The second-order valence-corrected chi connectivity index (χ2v) is 8.40. The van der Waals surface area contributed by atoms with Gasteiger partial charge in [0, 0.05) is 24.5 Å². The number of aromatic nitrogens is 2. The van der Waals surface area contributed by atoms with Gasteiger partial charge in [0.25, 0.3) is 16.5 Å². The Morgan fingerprint density at radius 3 is 2.77 bits per heavy atom. The molecular weight excluding hydrogens is 404 g/mol. The number of hydrogen-bond donors (Lipinski definition) is 2. The van der Waals surface area contributed by atoms with Crippen molar-refractivity contribution in [2.75, 3.05) is 13.1 Å². The summed E-state index contributed by atoms with van der Waals surface area (Å²) < 4.78 is 28.1. The molecule has 0 saturated carbocycles. The van der Waals surface area contributed by atoms with Crippen molar-refractivity contribution in [1.29, 1.82) is 5.26 Å². The summed E-state index contributed by atoms with van der Waals surface area (Å²) in [4.78, 5) is 12.8. The Balaban J connectivity index is 0.000000806. The van der Waals surface area contributed by atoms with Crippen LogP contribution in [0.3, 0.4) is 0 Å². The van der Waals surface area contributed by atoms with Gasteiger partial charge < -0.3 is 10.4 Å². The number of aryl methyl sites for hydroxylation is 1. The number of nitriles is 1. The number of hydrogen-bond acceptors (Lipinski definition) is 6. The number of fused-ring (bicyclic) bond motifs is 1. The molecule has 0 saturated heterocycles. The summed E-state index contributed by atoms with van der Waals surface area (Å²) in [6.07, 6.45) is 6.17. The van der Waals surface area contributed by atoms with Crippen LogP contribution in [0.15, 0.2) is 53.7 Å². The van der Waals surface area contributed by atoms with Crippen LogP contribution in [-0.2, 0) is 14.8 Å². The molecule has 3 heterocycles. The number of benzene rings is 1. The molecule has 9 heteroatoms. The minimum Gasteiger partial charge on any atom is -0.483 e. The van der Waals surface area contributed by atoms with Crippen LogP contribution in [0.1, 0.15) is 23.1 Å². The van der Waals surface area contributed by atoms with Gasteiger partial charge in [-0.15, -0.1) is 0 Å². The van der Waals surface area contributed by atoms with Crippen LogP contribution in [0.5, 0.6) is 0 Å². The highest BCUT2D eigenvalue weighted by Gasteiger charge is 2.26. The number of nitrogens with zero attached hydrogens (tertiary/aromatic N) is 3. The average molecular weight is 424 g/mol. The minimum absolute atomic E-state index is 0.0107. The fraction of sp³-hybridized carbons (Fsp3) is 0.190. The van der Waals surface area contributed by atoms with Gasteiger partial charge in [0.2, 0.25) is 0 Å². The summed E-state index contributed by atoms with van der Waals surface area (Å²) in [7, 11) is -3.94. The normalized spacial score (nSPS) is 13.7. The molecule has 30 heavy (non-hydrogen) atoms. The standard InChI is InChI=1S/C20H18N4O2S.CH2O2/c1-14-4-5-16(12-21)19(11-14)27(25,26)24-13-17(15-6-9-22-10-7-15)20-18(24)3-2-8-23-20;2-1-3/h2-6,8,11,13,22H,7,9-10H2,1H3;1H,(H,2,3). The Labute approximate surface area is 174 Å². The molecule has 0 amide bonds. The van der Waals surface area contributed by atoms with Crippen LogP contribution in [-0.4, -0.2) is 42.0 Å². The molecule has 0 radical (unpaired) electrons. The summed E-state index contributed by atoms with van der Waals surface area (Å²) in [5, 5.41) is 19.5. The number of carbonyl (C=O) groups is 1. The second-order valence-electron chi connectivity index (χ2n) is 6.62. The lowest BCUT2D eigenvalue weighted by atomic mass is 10.0. The molecule has 3 aromatic rings. The molecule has 154 valence electrons. The number of carboxylic acid groups (broad SMARTS) is 1. The van der Waals surface area contributed by atoms with Crippen LogP contribution >= 0.6 is 0 Å². The van der Waals surface area contributed by atoms with Crippen LogP contribution in [0.2, 0.25) is 0 Å². The third kappa shape index (κ3) is 3.96. The molecule has 1 aliphatic rings. The molecule has 0 unspecified atom stereocenters. The molecule has 8 nitrogen and oxygen atoms in total. The number of pyridine rings is 1. The number of nitrogens with one attached hydrogen (secondary N) is 1. The van der Waals surface area contributed by atoms with E-state index in [0.717, 1.165) is 36.2 Å². The molecular formula is C21H20N4O4S. The van der Waals surface area contributed by atoms with Crippen LogP contribution in [0.25, 0.3) is 16.6 Å². The highest BCUT2D eigenvalue weighted by Crippen LogP contribution is 2.31. The zero-order valence-electron chi connectivity index (χ0n) is 16.2. The van der Waals surface area contributed by atoms with Gasteiger partial charge in [0.1, 0.15) is 11.0 Å². The van der Waals surface area contributed by atoms with E-state index < -0.39 is 10.0 Å². The Kier molecular flexibility index (Phi) is 6.30. The molecule has 4 rings (SSSR count). The Bertz CT molecular complexity index is 1270. The molecule has 2 aromatic heterocycles. The third-order valence-corrected chi connectivity index (χ3v) is 6.44. The van der Waals surface area contributed by atoms with Crippen molar-refractivity contribution in [3.8, 4) is 6.07 Å². The summed E-state index contributed by atoms with van der Waals surface area (Å²) in [6.45, 7) is 3.15. The van der Waals surface area contributed by atoms with E-state index in [4.69, 9.17) is 9.90 Å². The first-order valence-electron chi connectivity index (χ1n) is 9.14. The molecule has 1 aliphatic heterocycles. The lowest BCUT2D eigenvalue weighted by Gasteiger charge is -2.13. The van der Waals surface area contributed by atoms with Crippen molar-refractivity contribution in [3.05, 3.63) is 65.5 Å².